The Morgan fingerprint density at radius 2 is 1.70 bits per heavy atom. The van der Waals surface area contributed by atoms with Gasteiger partial charge in [-0.05, 0) is 29.2 Å². The van der Waals surface area contributed by atoms with E-state index in [-0.39, 0.29) is 5.78 Å². The van der Waals surface area contributed by atoms with Crippen LogP contribution in [0.3, 0.4) is 0 Å². The van der Waals surface area contributed by atoms with Gasteiger partial charge in [-0.2, -0.15) is 0 Å². The minimum Gasteiger partial charge on any atom is -0.294 e. The number of hydrogen-bond acceptors (Lipinski definition) is 1. The number of carbonyl (C=O) groups is 1. The van der Waals surface area contributed by atoms with Crippen LogP contribution in [0, 0.1) is 0 Å². The second kappa shape index (κ2) is 6.43. The average molecular weight is 307 g/mol. The van der Waals surface area contributed by atoms with Crippen LogP contribution >= 0.6 is 23.2 Å². The third-order valence-electron chi connectivity index (χ3n) is 3.26. The van der Waals surface area contributed by atoms with Crippen LogP contribution in [0.5, 0.6) is 0 Å². The lowest BCUT2D eigenvalue weighted by molar-refractivity contribution is 0.0993. The van der Waals surface area contributed by atoms with Gasteiger partial charge in [0.1, 0.15) is 0 Å². The molecule has 0 bridgehead atoms. The van der Waals surface area contributed by atoms with Gasteiger partial charge in [0.2, 0.25) is 0 Å². The van der Waals surface area contributed by atoms with Crippen LogP contribution in [-0.4, -0.2) is 5.78 Å². The summed E-state index contributed by atoms with van der Waals surface area (Å²) in [6.45, 7) is 4.29. The first-order chi connectivity index (χ1) is 9.49. The predicted molar refractivity (Wildman–Crippen MR) is 85.0 cm³/mol. The minimum absolute atomic E-state index is 0.0187. The first-order valence-electron chi connectivity index (χ1n) is 6.55. The van der Waals surface area contributed by atoms with Gasteiger partial charge in [-0.1, -0.05) is 67.4 Å². The zero-order valence-electron chi connectivity index (χ0n) is 11.5. The van der Waals surface area contributed by atoms with Crippen molar-refractivity contribution in [2.45, 2.75) is 26.2 Å². The molecule has 2 aromatic rings. The second-order valence-corrected chi connectivity index (χ2v) is 5.88. The lowest BCUT2D eigenvalue weighted by Crippen LogP contribution is -2.04. The van der Waals surface area contributed by atoms with E-state index in [4.69, 9.17) is 23.2 Å². The summed E-state index contributed by atoms with van der Waals surface area (Å²) in [6, 6.07) is 13.2. The molecular weight excluding hydrogens is 291 g/mol. The zero-order chi connectivity index (χ0) is 14.7. The summed E-state index contributed by atoms with van der Waals surface area (Å²) in [5.41, 5.74) is 2.73. The highest BCUT2D eigenvalue weighted by atomic mass is 35.5. The number of carbonyl (C=O) groups excluding carboxylic acids is 1. The van der Waals surface area contributed by atoms with E-state index in [1.807, 2.05) is 12.1 Å². The van der Waals surface area contributed by atoms with Gasteiger partial charge in [-0.3, -0.25) is 4.79 Å². The van der Waals surface area contributed by atoms with Crippen molar-refractivity contribution in [1.29, 1.82) is 0 Å². The summed E-state index contributed by atoms with van der Waals surface area (Å²) in [6.07, 6.45) is 0.332. The van der Waals surface area contributed by atoms with E-state index >= 15 is 0 Å². The molecule has 0 amide bonds. The molecule has 20 heavy (non-hydrogen) atoms. The molecular formula is C17H16Cl2O. The van der Waals surface area contributed by atoms with Crippen molar-refractivity contribution in [1.82, 2.24) is 0 Å². The van der Waals surface area contributed by atoms with Crippen LogP contribution in [0.25, 0.3) is 0 Å². The van der Waals surface area contributed by atoms with Crippen molar-refractivity contribution in [3.8, 4) is 0 Å². The fourth-order valence-corrected chi connectivity index (χ4v) is 2.43. The molecule has 0 aromatic heterocycles. The van der Waals surface area contributed by atoms with Gasteiger partial charge < -0.3 is 0 Å². The van der Waals surface area contributed by atoms with Gasteiger partial charge in [-0.15, -0.1) is 0 Å². The van der Waals surface area contributed by atoms with Gasteiger partial charge >= 0.3 is 0 Å². The Hall–Kier alpha value is -1.31. The Labute approximate surface area is 129 Å². The largest absolute Gasteiger partial charge is 0.294 e. The van der Waals surface area contributed by atoms with Crippen molar-refractivity contribution in [2.75, 3.05) is 0 Å². The van der Waals surface area contributed by atoms with Crippen LogP contribution in [0.15, 0.2) is 42.5 Å². The average Bonchev–Trinajstić information content (AvgIpc) is 2.42. The lowest BCUT2D eigenvalue weighted by Gasteiger charge is -2.08. The molecule has 0 aliphatic rings. The minimum atomic E-state index is -0.0187. The van der Waals surface area contributed by atoms with Crippen LogP contribution in [0.4, 0.5) is 0 Å². The summed E-state index contributed by atoms with van der Waals surface area (Å²) in [5, 5.41) is 0.741. The van der Waals surface area contributed by atoms with Crippen LogP contribution < -0.4 is 0 Å². The van der Waals surface area contributed by atoms with Gasteiger partial charge in [0.15, 0.2) is 5.78 Å². The number of rotatable bonds is 4. The standard InChI is InChI=1S/C17H16Cl2O/c1-11(2)13-8-6-12(7-9-13)10-16(20)14-4-3-5-15(18)17(14)19/h3-9,11H,10H2,1-2H3. The molecule has 0 N–H and O–H groups in total. The van der Waals surface area contributed by atoms with E-state index in [1.54, 1.807) is 18.2 Å². The Morgan fingerprint density at radius 1 is 1.05 bits per heavy atom. The molecule has 0 heterocycles. The molecule has 0 aliphatic carbocycles. The van der Waals surface area contributed by atoms with E-state index in [9.17, 15) is 4.79 Å². The fourth-order valence-electron chi connectivity index (χ4n) is 2.02. The zero-order valence-corrected chi connectivity index (χ0v) is 13.0. The molecule has 0 spiro atoms. The molecule has 0 fully saturated rings. The molecule has 0 saturated carbocycles. The molecule has 1 nitrogen and oxygen atoms in total. The van der Waals surface area contributed by atoms with Crippen molar-refractivity contribution in [2.24, 2.45) is 0 Å². The monoisotopic (exact) mass is 306 g/mol. The maximum absolute atomic E-state index is 12.3. The molecule has 2 rings (SSSR count). The summed E-state index contributed by atoms with van der Waals surface area (Å²) in [7, 11) is 0. The Morgan fingerprint density at radius 3 is 2.30 bits per heavy atom. The SMILES string of the molecule is CC(C)c1ccc(CC(=O)c2cccc(Cl)c2Cl)cc1. The Kier molecular flexibility index (Phi) is 4.85. The first-order valence-corrected chi connectivity index (χ1v) is 7.30. The number of hydrogen-bond donors (Lipinski definition) is 0. The van der Waals surface area contributed by atoms with Crippen molar-refractivity contribution < 1.29 is 4.79 Å². The number of Topliss-reactive ketones (excluding diaryl/α,β-unsaturated/α-hetero) is 1. The number of halogens is 2. The quantitative estimate of drug-likeness (QED) is 0.678. The lowest BCUT2D eigenvalue weighted by atomic mass is 9.98. The summed E-state index contributed by atoms with van der Waals surface area (Å²) < 4.78 is 0. The van der Waals surface area contributed by atoms with Gasteiger partial charge in [0, 0.05) is 12.0 Å². The fraction of sp³-hybridized carbons (Fsp3) is 0.235. The second-order valence-electron chi connectivity index (χ2n) is 5.10. The van der Waals surface area contributed by atoms with E-state index in [0.29, 0.717) is 27.9 Å². The van der Waals surface area contributed by atoms with Crippen molar-refractivity contribution in [3.63, 3.8) is 0 Å². The highest BCUT2D eigenvalue weighted by Crippen LogP contribution is 2.26. The van der Waals surface area contributed by atoms with Crippen LogP contribution in [-0.2, 0) is 6.42 Å². The Bertz CT molecular complexity index is 615. The summed E-state index contributed by atoms with van der Waals surface area (Å²) in [5.74, 6) is 0.469. The van der Waals surface area contributed by atoms with Crippen LogP contribution in [0.1, 0.15) is 41.3 Å². The van der Waals surface area contributed by atoms with Crippen molar-refractivity contribution in [3.05, 3.63) is 69.2 Å². The van der Waals surface area contributed by atoms with Gasteiger partial charge in [-0.25, -0.2) is 0 Å². The van der Waals surface area contributed by atoms with Crippen LogP contribution in [0.2, 0.25) is 10.0 Å². The molecule has 104 valence electrons. The summed E-state index contributed by atoms with van der Waals surface area (Å²) >= 11 is 12.0. The van der Waals surface area contributed by atoms with E-state index < -0.39 is 0 Å². The summed E-state index contributed by atoms with van der Waals surface area (Å²) in [4.78, 5) is 12.3. The van der Waals surface area contributed by atoms with Gasteiger partial charge in [0.25, 0.3) is 0 Å². The predicted octanol–water partition coefficient (Wildman–Crippen LogP) is 5.54. The molecule has 3 heteroatoms. The molecule has 0 unspecified atom stereocenters. The molecule has 2 aromatic carbocycles. The smallest absolute Gasteiger partial charge is 0.168 e. The van der Waals surface area contributed by atoms with E-state index in [2.05, 4.69) is 26.0 Å². The number of ketones is 1. The topological polar surface area (TPSA) is 17.1 Å². The molecule has 0 radical (unpaired) electrons. The normalized spacial score (nSPS) is 10.8. The maximum Gasteiger partial charge on any atom is 0.168 e. The third kappa shape index (κ3) is 3.41. The highest BCUT2D eigenvalue weighted by Gasteiger charge is 2.13. The first kappa shape index (κ1) is 15.1. The van der Waals surface area contributed by atoms with E-state index in [1.165, 1.54) is 5.56 Å². The molecule has 0 aliphatic heterocycles. The Balaban J connectivity index is 2.17. The number of benzene rings is 2. The molecule has 0 atom stereocenters. The molecule has 0 saturated heterocycles. The maximum atomic E-state index is 12.3. The van der Waals surface area contributed by atoms with Crippen molar-refractivity contribution >= 4 is 29.0 Å². The highest BCUT2D eigenvalue weighted by molar-refractivity contribution is 6.43. The van der Waals surface area contributed by atoms with Gasteiger partial charge in [0.05, 0.1) is 10.0 Å². The third-order valence-corrected chi connectivity index (χ3v) is 4.08. The van der Waals surface area contributed by atoms with E-state index in [0.717, 1.165) is 5.56 Å².